The van der Waals surface area contributed by atoms with Gasteiger partial charge in [-0.15, -0.1) is 0 Å². The van der Waals surface area contributed by atoms with Crippen molar-refractivity contribution in [1.29, 1.82) is 0 Å². The molecule has 1 aromatic rings. The first-order valence-electron chi connectivity index (χ1n) is 5.53. The van der Waals surface area contributed by atoms with Gasteiger partial charge in [0.1, 0.15) is 12.4 Å². The summed E-state index contributed by atoms with van der Waals surface area (Å²) in [5, 5.41) is 3.45. The molecule has 0 saturated carbocycles. The number of hydrogen-bond acceptors (Lipinski definition) is 3. The lowest BCUT2D eigenvalue weighted by atomic mass is 10.1. The summed E-state index contributed by atoms with van der Waals surface area (Å²) >= 11 is 0. The van der Waals surface area contributed by atoms with Gasteiger partial charge in [-0.3, -0.25) is 4.98 Å². The number of hydrogen-bond donors (Lipinski definition) is 1. The van der Waals surface area contributed by atoms with E-state index in [2.05, 4.69) is 17.2 Å². The van der Waals surface area contributed by atoms with Gasteiger partial charge in [-0.1, -0.05) is 6.92 Å². The largest absolute Gasteiger partial charge is 0.490 e. The molecule has 0 bridgehead atoms. The molecule has 1 saturated heterocycles. The zero-order chi connectivity index (χ0) is 10.7. The maximum absolute atomic E-state index is 5.74. The van der Waals surface area contributed by atoms with Gasteiger partial charge in [0.2, 0.25) is 0 Å². The molecule has 0 aliphatic carbocycles. The second kappa shape index (κ2) is 4.62. The third-order valence-corrected chi connectivity index (χ3v) is 2.84. The highest BCUT2D eigenvalue weighted by molar-refractivity contribution is 5.25. The predicted octanol–water partition coefficient (Wildman–Crippen LogP) is 1.77. The van der Waals surface area contributed by atoms with Crippen LogP contribution in [0.1, 0.15) is 19.0 Å². The molecule has 0 amide bonds. The summed E-state index contributed by atoms with van der Waals surface area (Å²) in [5.41, 5.74) is 0.962. The number of pyridine rings is 1. The van der Waals surface area contributed by atoms with Gasteiger partial charge in [0.25, 0.3) is 0 Å². The number of aryl methyl sites for hydroxylation is 1. The van der Waals surface area contributed by atoms with Crippen LogP contribution in [0.25, 0.3) is 0 Å². The van der Waals surface area contributed by atoms with Gasteiger partial charge in [-0.25, -0.2) is 0 Å². The van der Waals surface area contributed by atoms with Gasteiger partial charge in [-0.2, -0.15) is 0 Å². The highest BCUT2D eigenvalue weighted by Gasteiger charge is 2.20. The highest BCUT2D eigenvalue weighted by Crippen LogP contribution is 2.17. The topological polar surface area (TPSA) is 34.1 Å². The number of nitrogens with one attached hydrogen (secondary N) is 1. The predicted molar refractivity (Wildman–Crippen MR) is 60.0 cm³/mol. The van der Waals surface area contributed by atoms with E-state index in [1.165, 1.54) is 6.42 Å². The smallest absolute Gasteiger partial charge is 0.140 e. The van der Waals surface area contributed by atoms with Crippen LogP contribution in [0.5, 0.6) is 5.75 Å². The SMILES string of the molecule is Cc1ncccc1OC[C@@H]1C[C@@H](C)CN1. The van der Waals surface area contributed by atoms with E-state index in [0.29, 0.717) is 6.04 Å². The van der Waals surface area contributed by atoms with Crippen LogP contribution in [-0.2, 0) is 0 Å². The average Bonchev–Trinajstić information content (AvgIpc) is 2.63. The van der Waals surface area contributed by atoms with Crippen molar-refractivity contribution in [3.8, 4) is 5.75 Å². The third-order valence-electron chi connectivity index (χ3n) is 2.84. The lowest BCUT2D eigenvalue weighted by Gasteiger charge is -2.13. The first kappa shape index (κ1) is 10.4. The molecule has 0 aromatic carbocycles. The first-order valence-corrected chi connectivity index (χ1v) is 5.53. The van der Waals surface area contributed by atoms with Crippen molar-refractivity contribution in [1.82, 2.24) is 10.3 Å². The quantitative estimate of drug-likeness (QED) is 0.818. The van der Waals surface area contributed by atoms with Crippen LogP contribution in [0.15, 0.2) is 18.3 Å². The van der Waals surface area contributed by atoms with Crippen LogP contribution in [0, 0.1) is 12.8 Å². The van der Waals surface area contributed by atoms with E-state index in [4.69, 9.17) is 4.74 Å². The van der Waals surface area contributed by atoms with E-state index >= 15 is 0 Å². The fourth-order valence-corrected chi connectivity index (χ4v) is 1.96. The lowest BCUT2D eigenvalue weighted by molar-refractivity contribution is 0.272. The maximum Gasteiger partial charge on any atom is 0.140 e. The van der Waals surface area contributed by atoms with Crippen molar-refractivity contribution in [3.63, 3.8) is 0 Å². The second-order valence-corrected chi connectivity index (χ2v) is 4.34. The molecule has 1 aliphatic rings. The fourth-order valence-electron chi connectivity index (χ4n) is 1.96. The number of nitrogens with zero attached hydrogens (tertiary/aromatic N) is 1. The van der Waals surface area contributed by atoms with Gasteiger partial charge in [0, 0.05) is 12.2 Å². The summed E-state index contributed by atoms with van der Waals surface area (Å²) in [5.74, 6) is 1.67. The van der Waals surface area contributed by atoms with Crippen LogP contribution in [0.2, 0.25) is 0 Å². The van der Waals surface area contributed by atoms with Gasteiger partial charge in [0.15, 0.2) is 0 Å². The van der Waals surface area contributed by atoms with Gasteiger partial charge in [0.05, 0.1) is 5.69 Å². The van der Waals surface area contributed by atoms with Crippen LogP contribution in [0.4, 0.5) is 0 Å². The maximum atomic E-state index is 5.74. The minimum absolute atomic E-state index is 0.500. The van der Waals surface area contributed by atoms with Crippen LogP contribution in [-0.4, -0.2) is 24.2 Å². The molecule has 82 valence electrons. The Labute approximate surface area is 90.9 Å². The van der Waals surface area contributed by atoms with E-state index in [0.717, 1.165) is 30.5 Å². The zero-order valence-corrected chi connectivity index (χ0v) is 9.36. The molecular formula is C12H18N2O. The monoisotopic (exact) mass is 206 g/mol. The summed E-state index contributed by atoms with van der Waals surface area (Å²) in [6.07, 6.45) is 3.00. The van der Waals surface area contributed by atoms with Crippen molar-refractivity contribution in [2.75, 3.05) is 13.2 Å². The molecule has 1 aromatic heterocycles. The first-order chi connectivity index (χ1) is 7.25. The van der Waals surface area contributed by atoms with E-state index < -0.39 is 0 Å². The number of aromatic nitrogens is 1. The average molecular weight is 206 g/mol. The molecule has 0 spiro atoms. The van der Waals surface area contributed by atoms with Gasteiger partial charge >= 0.3 is 0 Å². The van der Waals surface area contributed by atoms with Gasteiger partial charge < -0.3 is 10.1 Å². The molecule has 0 radical (unpaired) electrons. The Hall–Kier alpha value is -1.09. The minimum atomic E-state index is 0.500. The van der Waals surface area contributed by atoms with Crippen LogP contribution in [0.3, 0.4) is 0 Å². The standard InChI is InChI=1S/C12H18N2O/c1-9-6-11(14-7-9)8-15-12-4-3-5-13-10(12)2/h3-5,9,11,14H,6-8H2,1-2H3/t9-,11+/m1/s1. The molecule has 1 aliphatic heterocycles. The summed E-state index contributed by atoms with van der Waals surface area (Å²) in [4.78, 5) is 4.19. The summed E-state index contributed by atoms with van der Waals surface area (Å²) in [6.45, 7) is 6.10. The number of rotatable bonds is 3. The Bertz CT molecular complexity index is 327. The van der Waals surface area contributed by atoms with Crippen LogP contribution >= 0.6 is 0 Å². The lowest BCUT2D eigenvalue weighted by Crippen LogP contribution is -2.28. The minimum Gasteiger partial charge on any atom is -0.490 e. The van der Waals surface area contributed by atoms with Crippen molar-refractivity contribution < 1.29 is 4.74 Å². The summed E-state index contributed by atoms with van der Waals surface area (Å²) in [6, 6.07) is 4.38. The second-order valence-electron chi connectivity index (χ2n) is 4.34. The normalized spacial score (nSPS) is 25.5. The van der Waals surface area contributed by atoms with Crippen molar-refractivity contribution in [3.05, 3.63) is 24.0 Å². The van der Waals surface area contributed by atoms with E-state index in [1.807, 2.05) is 19.1 Å². The molecule has 2 atom stereocenters. The molecule has 15 heavy (non-hydrogen) atoms. The molecule has 2 heterocycles. The van der Waals surface area contributed by atoms with Crippen molar-refractivity contribution >= 4 is 0 Å². The Morgan fingerprint density at radius 1 is 1.60 bits per heavy atom. The third kappa shape index (κ3) is 2.69. The molecule has 2 rings (SSSR count). The molecule has 3 nitrogen and oxygen atoms in total. The molecule has 0 unspecified atom stereocenters. The molecule has 1 fully saturated rings. The highest BCUT2D eigenvalue weighted by atomic mass is 16.5. The van der Waals surface area contributed by atoms with Crippen molar-refractivity contribution in [2.45, 2.75) is 26.3 Å². The molecular weight excluding hydrogens is 188 g/mol. The summed E-state index contributed by atoms with van der Waals surface area (Å²) in [7, 11) is 0. The molecule has 3 heteroatoms. The van der Waals surface area contributed by atoms with Crippen LogP contribution < -0.4 is 10.1 Å². The number of ether oxygens (including phenoxy) is 1. The fraction of sp³-hybridized carbons (Fsp3) is 0.583. The summed E-state index contributed by atoms with van der Waals surface area (Å²) < 4.78 is 5.74. The Morgan fingerprint density at radius 3 is 3.13 bits per heavy atom. The Kier molecular flexibility index (Phi) is 3.21. The van der Waals surface area contributed by atoms with Gasteiger partial charge in [-0.05, 0) is 37.9 Å². The molecule has 1 N–H and O–H groups in total. The van der Waals surface area contributed by atoms with E-state index in [-0.39, 0.29) is 0 Å². The Morgan fingerprint density at radius 2 is 2.47 bits per heavy atom. The van der Waals surface area contributed by atoms with E-state index in [1.54, 1.807) is 6.20 Å². The zero-order valence-electron chi connectivity index (χ0n) is 9.36. The van der Waals surface area contributed by atoms with E-state index in [9.17, 15) is 0 Å². The Balaban J connectivity index is 1.86. The van der Waals surface area contributed by atoms with Crippen molar-refractivity contribution in [2.24, 2.45) is 5.92 Å².